The van der Waals surface area contributed by atoms with Crippen molar-refractivity contribution in [3.05, 3.63) is 93.7 Å². The van der Waals surface area contributed by atoms with E-state index in [0.717, 1.165) is 38.9 Å². The summed E-state index contributed by atoms with van der Waals surface area (Å²) in [5.74, 6) is -4.22. The topological polar surface area (TPSA) is 188 Å². The summed E-state index contributed by atoms with van der Waals surface area (Å²) in [4.78, 5) is 62.1. The molecule has 3 aliphatic heterocycles. The molecule has 74 heavy (non-hydrogen) atoms. The molecule has 1 aromatic heterocycles. The second kappa shape index (κ2) is 23.7. The van der Waals surface area contributed by atoms with Crippen LogP contribution in [0.25, 0.3) is 10.4 Å². The van der Waals surface area contributed by atoms with Crippen LogP contribution < -0.4 is 20.9 Å². The number of carbonyl (C=O) groups is 4. The molecule has 4 amide bonds. The van der Waals surface area contributed by atoms with Crippen LogP contribution in [-0.2, 0) is 50.8 Å². The molecule has 25 heteroatoms. The molecule has 0 bridgehead atoms. The van der Waals surface area contributed by atoms with Gasteiger partial charge >= 0.3 is 12.4 Å². The van der Waals surface area contributed by atoms with Crippen LogP contribution in [0.4, 0.5) is 36.4 Å². The lowest BCUT2D eigenvalue weighted by Crippen LogP contribution is -2.58. The predicted octanol–water partition coefficient (Wildman–Crippen LogP) is 7.02. The minimum absolute atomic E-state index is 0.00110. The first-order valence-electron chi connectivity index (χ1n) is 23.2. The number of thiazole rings is 1. The fraction of sp³-hybridized carbons (Fsp3) is 0.490. The third-order valence-electron chi connectivity index (χ3n) is 12.2. The molecule has 3 aromatic rings. The summed E-state index contributed by atoms with van der Waals surface area (Å²) in [6.07, 6.45) is -9.28. The lowest BCUT2D eigenvalue weighted by atomic mass is 9.85. The maximum atomic E-state index is 15.4. The molecule has 0 saturated carbocycles. The Morgan fingerprint density at radius 2 is 1.62 bits per heavy atom. The fourth-order valence-corrected chi connectivity index (χ4v) is 9.71. The number of aryl methyl sites for hydroxylation is 1. The number of aromatic nitrogens is 1. The third kappa shape index (κ3) is 13.2. The Hall–Kier alpha value is -6.04. The Kier molecular flexibility index (Phi) is 18.3. The molecule has 2 fully saturated rings. The zero-order chi connectivity index (χ0) is 54.3. The number of likely N-dealkylation sites (tertiary alicyclic amines) is 1. The number of allylic oxidation sites excluding steroid dienone is 1. The average Bonchev–Trinajstić information content (AvgIpc) is 4.04. The molecule has 0 aliphatic carbocycles. The van der Waals surface area contributed by atoms with Crippen molar-refractivity contribution in [3.8, 4) is 16.5 Å². The number of hydrogen-bond donors (Lipinski definition) is 3. The summed E-state index contributed by atoms with van der Waals surface area (Å²) in [6, 6.07) is 8.85. The van der Waals surface area contributed by atoms with Gasteiger partial charge in [-0.25, -0.2) is 9.37 Å². The zero-order valence-corrected chi connectivity index (χ0v) is 42.8. The van der Waals surface area contributed by atoms with E-state index in [1.807, 2.05) is 52.0 Å². The molecule has 3 aliphatic rings. The SMILES string of the molecule is Cc1ncsc1-c1ccc(CNC(=O)C2CCCN2C(=O)C(NC(=O)COCCOCCOCCOC2NC=C(N3C(=S)N(c4ccc(C#N)c(C(F)(F)F)c4F)C(=O)C3(C)C)C=C2C(F)(F)F)C(C)(C)C)cc1. The van der Waals surface area contributed by atoms with Gasteiger partial charge in [-0.1, -0.05) is 45.0 Å². The average molecular weight is 1080 g/mol. The normalized spacial score (nSPS) is 18.5. The van der Waals surface area contributed by atoms with Crippen LogP contribution in [0.2, 0.25) is 0 Å². The van der Waals surface area contributed by atoms with Gasteiger partial charge in [-0.05, 0) is 80.6 Å². The second-order valence-corrected chi connectivity index (χ2v) is 20.1. The van der Waals surface area contributed by atoms with Crippen LogP contribution in [0.3, 0.4) is 0 Å². The van der Waals surface area contributed by atoms with Crippen molar-refractivity contribution in [1.82, 2.24) is 30.7 Å². The number of nitrogens with one attached hydrogen (secondary N) is 3. The van der Waals surface area contributed by atoms with E-state index in [1.165, 1.54) is 24.8 Å². The molecular weight excluding hydrogens is 1030 g/mol. The van der Waals surface area contributed by atoms with E-state index >= 15 is 4.39 Å². The van der Waals surface area contributed by atoms with Gasteiger partial charge in [0.2, 0.25) is 17.7 Å². The quantitative estimate of drug-likeness (QED) is 0.0596. The van der Waals surface area contributed by atoms with Crippen LogP contribution in [0.15, 0.2) is 65.5 Å². The van der Waals surface area contributed by atoms with E-state index in [4.69, 9.17) is 36.4 Å². The number of benzene rings is 2. The third-order valence-corrected chi connectivity index (χ3v) is 13.5. The van der Waals surface area contributed by atoms with E-state index in [9.17, 15) is 45.5 Å². The Morgan fingerprint density at radius 3 is 2.22 bits per heavy atom. The largest absolute Gasteiger partial charge is 0.420 e. The van der Waals surface area contributed by atoms with Crippen molar-refractivity contribution in [2.24, 2.45) is 5.41 Å². The number of nitrogens with zero attached hydrogens (tertiary/aromatic N) is 5. The fourth-order valence-electron chi connectivity index (χ4n) is 8.38. The Bertz CT molecular complexity index is 2680. The van der Waals surface area contributed by atoms with Gasteiger partial charge in [0.15, 0.2) is 17.2 Å². The number of halogens is 7. The van der Waals surface area contributed by atoms with Crippen molar-refractivity contribution in [2.75, 3.05) is 57.7 Å². The monoisotopic (exact) mass is 1080 g/mol. The molecule has 3 N–H and O–H groups in total. The maximum absolute atomic E-state index is 15.4. The first kappa shape index (κ1) is 57.2. The van der Waals surface area contributed by atoms with E-state index < -0.39 is 86.7 Å². The van der Waals surface area contributed by atoms with Crippen LogP contribution >= 0.6 is 23.6 Å². The number of rotatable bonds is 20. The summed E-state index contributed by atoms with van der Waals surface area (Å²) in [5, 5.41) is 16.7. The molecule has 16 nitrogen and oxygen atoms in total. The molecule has 3 atom stereocenters. The molecule has 2 saturated heterocycles. The number of dihydropyridines is 1. The summed E-state index contributed by atoms with van der Waals surface area (Å²) >= 11 is 6.90. The first-order valence-corrected chi connectivity index (χ1v) is 24.5. The Labute approximate surface area is 431 Å². The number of thiocarbonyl (C=S) groups is 1. The van der Waals surface area contributed by atoms with Crippen molar-refractivity contribution >= 4 is 58.0 Å². The van der Waals surface area contributed by atoms with Gasteiger partial charge in [-0.2, -0.15) is 31.6 Å². The van der Waals surface area contributed by atoms with Gasteiger partial charge in [-0.3, -0.25) is 24.1 Å². The van der Waals surface area contributed by atoms with E-state index in [2.05, 4.69) is 20.9 Å². The number of amides is 4. The van der Waals surface area contributed by atoms with Crippen LogP contribution in [0, 0.1) is 29.5 Å². The first-order chi connectivity index (χ1) is 34.8. The van der Waals surface area contributed by atoms with Gasteiger partial charge in [0.1, 0.15) is 29.8 Å². The molecule has 400 valence electrons. The molecular formula is C49H55F7N8O8S2. The van der Waals surface area contributed by atoms with Gasteiger partial charge < -0.3 is 44.7 Å². The second-order valence-electron chi connectivity index (χ2n) is 18.8. The smallest absolute Gasteiger partial charge is 0.377 e. The standard InChI is InChI=1S/C49H55F7N8O8S2/c1-28-39(74-27-60-28)30-11-9-29(10-12-30)24-58-41(66)35-8-7-15-62(35)43(67)40(46(2,3)4)61-36(65)26-71-19-18-69-16-17-70-20-21-72-42-33(48(51,52)53)22-32(25-59-42)64-45(73)63(44(68)47(64,5)6)34-14-13-31(23-57)37(38(34)50)49(54,55)56/h9-14,22,25,27,35,40,42,59H,7-8,15-21,24,26H2,1-6H3,(H,58,66)(H,61,65). The van der Waals surface area contributed by atoms with E-state index in [1.54, 1.807) is 16.8 Å². The van der Waals surface area contributed by atoms with Gasteiger partial charge in [0.25, 0.3) is 5.91 Å². The van der Waals surface area contributed by atoms with Crippen LogP contribution in [0.5, 0.6) is 0 Å². The lowest BCUT2D eigenvalue weighted by Gasteiger charge is -2.35. The Morgan fingerprint density at radius 1 is 0.973 bits per heavy atom. The number of hydrogen-bond acceptors (Lipinski definition) is 13. The highest BCUT2D eigenvalue weighted by atomic mass is 32.1. The van der Waals surface area contributed by atoms with Crippen molar-refractivity contribution in [3.63, 3.8) is 0 Å². The van der Waals surface area contributed by atoms with Gasteiger partial charge in [0, 0.05) is 19.3 Å². The number of nitriles is 1. The number of anilines is 1. The number of alkyl halides is 6. The van der Waals surface area contributed by atoms with Crippen LogP contribution in [-0.4, -0.2) is 126 Å². The number of carbonyl (C=O) groups excluding carboxylic acids is 4. The molecule has 0 radical (unpaired) electrons. The molecule has 0 spiro atoms. The summed E-state index contributed by atoms with van der Waals surface area (Å²) < 4.78 is 122. The van der Waals surface area contributed by atoms with Gasteiger partial charge in [-0.15, -0.1) is 11.3 Å². The zero-order valence-electron chi connectivity index (χ0n) is 41.2. The van der Waals surface area contributed by atoms with E-state index in [0.29, 0.717) is 36.4 Å². The highest BCUT2D eigenvalue weighted by molar-refractivity contribution is 7.80. The summed E-state index contributed by atoms with van der Waals surface area (Å²) in [6.45, 7) is 9.71. The lowest BCUT2D eigenvalue weighted by molar-refractivity contribution is -0.144. The maximum Gasteiger partial charge on any atom is 0.420 e. The molecule has 3 unspecified atom stereocenters. The Balaban J connectivity index is 0.898. The summed E-state index contributed by atoms with van der Waals surface area (Å²) in [7, 11) is 0. The van der Waals surface area contributed by atoms with Crippen molar-refractivity contribution in [1.29, 1.82) is 5.26 Å². The van der Waals surface area contributed by atoms with Crippen molar-refractivity contribution < 1.29 is 68.9 Å². The minimum atomic E-state index is -5.33. The van der Waals surface area contributed by atoms with Crippen LogP contribution in [0.1, 0.15) is 69.8 Å². The highest BCUT2D eigenvalue weighted by Gasteiger charge is 2.54. The summed E-state index contributed by atoms with van der Waals surface area (Å²) in [5.41, 5.74) is -3.36. The van der Waals surface area contributed by atoms with Gasteiger partial charge in [0.05, 0.1) is 84.3 Å². The van der Waals surface area contributed by atoms with E-state index in [-0.39, 0.29) is 70.3 Å². The molecule has 2 aromatic carbocycles. The molecule has 4 heterocycles. The minimum Gasteiger partial charge on any atom is -0.377 e. The predicted molar refractivity (Wildman–Crippen MR) is 260 cm³/mol. The highest BCUT2D eigenvalue weighted by Crippen LogP contribution is 2.43. The van der Waals surface area contributed by atoms with Crippen molar-refractivity contribution in [2.45, 2.75) is 97.1 Å². The molecule has 6 rings (SSSR count). The number of ether oxygens (including phenoxy) is 4.